The highest BCUT2D eigenvalue weighted by molar-refractivity contribution is 7.89. The van der Waals surface area contributed by atoms with Crippen LogP contribution in [0.3, 0.4) is 0 Å². The molecule has 3 nitrogen and oxygen atoms in total. The van der Waals surface area contributed by atoms with E-state index < -0.39 is 10.0 Å². The molecule has 1 fully saturated rings. The zero-order valence-corrected chi connectivity index (χ0v) is 15.6. The average molecular weight is 361 g/mol. The highest BCUT2D eigenvalue weighted by atomic mass is 32.2. The number of aryl methyl sites for hydroxylation is 2. The molecule has 5 heteroatoms. The second-order valence-corrected chi connectivity index (χ2v) is 9.19. The van der Waals surface area contributed by atoms with Crippen molar-refractivity contribution >= 4 is 10.0 Å². The van der Waals surface area contributed by atoms with Crippen LogP contribution in [0.4, 0.5) is 4.39 Å². The number of hydrogen-bond acceptors (Lipinski definition) is 2. The Morgan fingerprint density at radius 2 is 1.76 bits per heavy atom. The maximum Gasteiger partial charge on any atom is 0.238 e. The van der Waals surface area contributed by atoms with Gasteiger partial charge in [0.2, 0.25) is 10.0 Å². The molecule has 0 unspecified atom stereocenters. The van der Waals surface area contributed by atoms with Crippen LogP contribution in [-0.2, 0) is 16.4 Å². The van der Waals surface area contributed by atoms with Gasteiger partial charge in [-0.15, -0.1) is 0 Å². The molecule has 0 bridgehead atoms. The Labute approximate surface area is 149 Å². The van der Waals surface area contributed by atoms with E-state index in [0.717, 1.165) is 29.5 Å². The third kappa shape index (κ3) is 3.62. The highest BCUT2D eigenvalue weighted by Gasteiger charge is 2.57. The third-order valence-electron chi connectivity index (χ3n) is 5.65. The van der Waals surface area contributed by atoms with Crippen LogP contribution in [0.1, 0.15) is 42.9 Å². The quantitative estimate of drug-likeness (QED) is 0.869. The van der Waals surface area contributed by atoms with E-state index >= 15 is 0 Å². The second-order valence-electron chi connectivity index (χ2n) is 7.63. The number of sulfonamides is 1. The SMILES string of the molecule is Cc1ccc(F)cc1CC[C@H]1[C@H](c2ccc(S(N)(=O)=O)cc2)C1(C)C. The van der Waals surface area contributed by atoms with Crippen molar-refractivity contribution in [3.05, 3.63) is 65.0 Å². The molecule has 2 aromatic carbocycles. The summed E-state index contributed by atoms with van der Waals surface area (Å²) in [4.78, 5) is 0.140. The summed E-state index contributed by atoms with van der Waals surface area (Å²) in [6, 6.07) is 11.8. The van der Waals surface area contributed by atoms with Gasteiger partial charge in [-0.25, -0.2) is 17.9 Å². The Balaban J connectivity index is 1.73. The van der Waals surface area contributed by atoms with Crippen molar-refractivity contribution in [3.8, 4) is 0 Å². The van der Waals surface area contributed by atoms with Crippen molar-refractivity contribution in [1.82, 2.24) is 0 Å². The van der Waals surface area contributed by atoms with Gasteiger partial charge in [-0.1, -0.05) is 32.0 Å². The van der Waals surface area contributed by atoms with Gasteiger partial charge in [0.25, 0.3) is 0 Å². The maximum absolute atomic E-state index is 13.5. The average Bonchev–Trinajstić information content (AvgIpc) is 3.08. The van der Waals surface area contributed by atoms with Gasteiger partial charge in [-0.3, -0.25) is 0 Å². The topological polar surface area (TPSA) is 60.2 Å². The van der Waals surface area contributed by atoms with E-state index in [9.17, 15) is 12.8 Å². The molecule has 2 aromatic rings. The molecular formula is C20H24FNO2S. The molecule has 0 saturated heterocycles. The Morgan fingerprint density at radius 3 is 2.36 bits per heavy atom. The first-order valence-corrected chi connectivity index (χ1v) is 10.0. The minimum atomic E-state index is -3.66. The zero-order chi connectivity index (χ0) is 18.4. The van der Waals surface area contributed by atoms with Crippen molar-refractivity contribution in [1.29, 1.82) is 0 Å². The van der Waals surface area contributed by atoms with Gasteiger partial charge in [0.15, 0.2) is 0 Å². The molecule has 1 saturated carbocycles. The molecule has 25 heavy (non-hydrogen) atoms. The molecule has 0 heterocycles. The van der Waals surface area contributed by atoms with E-state index in [1.165, 1.54) is 6.07 Å². The summed E-state index contributed by atoms with van der Waals surface area (Å²) < 4.78 is 36.2. The first-order chi connectivity index (χ1) is 11.6. The summed E-state index contributed by atoms with van der Waals surface area (Å²) in [6.45, 7) is 6.47. The van der Waals surface area contributed by atoms with E-state index in [0.29, 0.717) is 11.8 Å². The molecular weight excluding hydrogens is 337 g/mol. The largest absolute Gasteiger partial charge is 0.238 e. The minimum absolute atomic E-state index is 0.140. The van der Waals surface area contributed by atoms with E-state index in [-0.39, 0.29) is 16.1 Å². The standard InChI is InChI=1S/C20H24FNO2S/c1-13-4-8-16(21)12-15(13)7-11-18-19(20(18,2)3)14-5-9-17(10-6-14)25(22,23)24/h4-6,8-10,12,18-19H,7,11H2,1-3H3,(H2,22,23,24)/t18-,19-/m0/s1. The van der Waals surface area contributed by atoms with Crippen LogP contribution in [0.25, 0.3) is 0 Å². The van der Waals surface area contributed by atoms with Crippen molar-refractivity contribution in [2.24, 2.45) is 16.5 Å². The Morgan fingerprint density at radius 1 is 1.12 bits per heavy atom. The molecule has 0 spiro atoms. The zero-order valence-electron chi connectivity index (χ0n) is 14.8. The molecule has 1 aliphatic rings. The second kappa shape index (κ2) is 6.22. The minimum Gasteiger partial charge on any atom is -0.225 e. The highest BCUT2D eigenvalue weighted by Crippen LogP contribution is 2.66. The van der Waals surface area contributed by atoms with Crippen LogP contribution < -0.4 is 5.14 Å². The Bertz CT molecular complexity index is 888. The normalized spacial score (nSPS) is 22.0. The molecule has 2 N–H and O–H groups in total. The van der Waals surface area contributed by atoms with Crippen LogP contribution in [0.2, 0.25) is 0 Å². The van der Waals surface area contributed by atoms with Gasteiger partial charge in [0, 0.05) is 0 Å². The lowest BCUT2D eigenvalue weighted by molar-refractivity contribution is 0.529. The van der Waals surface area contributed by atoms with Crippen LogP contribution >= 0.6 is 0 Å². The monoisotopic (exact) mass is 361 g/mol. The lowest BCUT2D eigenvalue weighted by atomic mass is 9.99. The van der Waals surface area contributed by atoms with E-state index in [1.807, 2.05) is 25.1 Å². The number of rotatable bonds is 5. The van der Waals surface area contributed by atoms with E-state index in [2.05, 4.69) is 13.8 Å². The molecule has 0 aromatic heterocycles. The summed E-state index contributed by atoms with van der Waals surface area (Å²) in [5.74, 6) is 0.692. The van der Waals surface area contributed by atoms with Crippen molar-refractivity contribution in [2.45, 2.75) is 44.4 Å². The van der Waals surface area contributed by atoms with E-state index in [1.54, 1.807) is 18.2 Å². The third-order valence-corrected chi connectivity index (χ3v) is 6.58. The van der Waals surface area contributed by atoms with Crippen LogP contribution in [0.15, 0.2) is 47.4 Å². The Kier molecular flexibility index (Phi) is 4.50. The van der Waals surface area contributed by atoms with Crippen LogP contribution in [0.5, 0.6) is 0 Å². The predicted octanol–water partition coefficient (Wildman–Crippen LogP) is 4.15. The molecule has 3 rings (SSSR count). The van der Waals surface area contributed by atoms with Crippen LogP contribution in [0, 0.1) is 24.1 Å². The lowest BCUT2D eigenvalue weighted by Gasteiger charge is -2.07. The fraction of sp³-hybridized carbons (Fsp3) is 0.400. The Hall–Kier alpha value is -1.72. The number of nitrogens with two attached hydrogens (primary N) is 1. The van der Waals surface area contributed by atoms with Gasteiger partial charge < -0.3 is 0 Å². The fourth-order valence-corrected chi connectivity index (χ4v) is 4.55. The lowest BCUT2D eigenvalue weighted by Crippen LogP contribution is -2.11. The first kappa shape index (κ1) is 18.1. The summed E-state index contributed by atoms with van der Waals surface area (Å²) in [5.41, 5.74) is 3.47. The maximum atomic E-state index is 13.5. The van der Waals surface area contributed by atoms with Gasteiger partial charge in [0.1, 0.15) is 5.82 Å². The van der Waals surface area contributed by atoms with Gasteiger partial charge in [-0.05, 0) is 78.0 Å². The van der Waals surface area contributed by atoms with E-state index in [4.69, 9.17) is 5.14 Å². The van der Waals surface area contributed by atoms with Crippen LogP contribution in [-0.4, -0.2) is 8.42 Å². The molecule has 0 amide bonds. The first-order valence-electron chi connectivity index (χ1n) is 8.48. The smallest absolute Gasteiger partial charge is 0.225 e. The molecule has 134 valence electrons. The molecule has 0 radical (unpaired) electrons. The molecule has 1 aliphatic carbocycles. The number of benzene rings is 2. The summed E-state index contributed by atoms with van der Waals surface area (Å²) in [6.07, 6.45) is 1.84. The van der Waals surface area contributed by atoms with Gasteiger partial charge in [0.05, 0.1) is 4.90 Å². The van der Waals surface area contributed by atoms with Gasteiger partial charge >= 0.3 is 0 Å². The van der Waals surface area contributed by atoms with Crippen molar-refractivity contribution in [2.75, 3.05) is 0 Å². The van der Waals surface area contributed by atoms with Gasteiger partial charge in [-0.2, -0.15) is 0 Å². The fourth-order valence-electron chi connectivity index (χ4n) is 4.03. The summed E-state index contributed by atoms with van der Waals surface area (Å²) in [7, 11) is -3.66. The van der Waals surface area contributed by atoms with Crippen molar-refractivity contribution < 1.29 is 12.8 Å². The number of halogens is 1. The molecule has 2 atom stereocenters. The number of primary sulfonamides is 1. The summed E-state index contributed by atoms with van der Waals surface area (Å²) >= 11 is 0. The van der Waals surface area contributed by atoms with Crippen molar-refractivity contribution in [3.63, 3.8) is 0 Å². The number of hydrogen-bond donors (Lipinski definition) is 1. The predicted molar refractivity (Wildman–Crippen MR) is 97.3 cm³/mol. The molecule has 0 aliphatic heterocycles. The summed E-state index contributed by atoms with van der Waals surface area (Å²) in [5, 5.41) is 5.16.